The first-order valence-electron chi connectivity index (χ1n) is 11.6. The number of ether oxygens (including phenoxy) is 6. The second-order valence-corrected chi connectivity index (χ2v) is 8.51. The van der Waals surface area contributed by atoms with Crippen LogP contribution in [0.5, 0.6) is 0 Å². The number of hydrogen-bond acceptors (Lipinski definition) is 8. The van der Waals surface area contributed by atoms with Crippen LogP contribution in [0.2, 0.25) is 0 Å². The largest absolute Gasteiger partial charge is 0.467 e. The number of hydrogen-bond donors (Lipinski definition) is 1. The summed E-state index contributed by atoms with van der Waals surface area (Å²) in [6, 6.07) is 18.4. The van der Waals surface area contributed by atoms with Crippen molar-refractivity contribution in [3.63, 3.8) is 0 Å². The summed E-state index contributed by atoms with van der Waals surface area (Å²) in [6.45, 7) is 3.47. The molecule has 7 atom stereocenters. The van der Waals surface area contributed by atoms with Gasteiger partial charge in [0.1, 0.15) is 24.4 Å². The van der Waals surface area contributed by atoms with E-state index in [9.17, 15) is 9.59 Å². The summed E-state index contributed by atoms with van der Waals surface area (Å²) in [4.78, 5) is 24.4. The lowest BCUT2D eigenvalue weighted by atomic mass is 9.95. The fourth-order valence-electron chi connectivity index (χ4n) is 4.25. The molecule has 2 aliphatic rings. The fraction of sp³-hybridized carbons (Fsp3) is 0.462. The Bertz CT molecular complexity index is 972. The third-order valence-electron chi connectivity index (χ3n) is 5.93. The molecule has 0 spiro atoms. The molecule has 0 saturated carbocycles. The molecule has 0 aliphatic carbocycles. The topological polar surface area (TPSA) is 102 Å². The van der Waals surface area contributed by atoms with Gasteiger partial charge in [0, 0.05) is 12.5 Å². The Kier molecular flexibility index (Phi) is 8.48. The molecule has 188 valence electrons. The number of carbonyl (C=O) groups excluding carboxylic acids is 2. The molecule has 2 heterocycles. The van der Waals surface area contributed by atoms with E-state index in [1.54, 1.807) is 6.92 Å². The SMILES string of the molecule is COC(=O)[C@@H](C)O[C@@H]1[C@@H](NC(C)=O)[C@H](OCc2ccccc2)O[C@@H]2CO[C@H](c3ccccc3)O[C@@H]12. The van der Waals surface area contributed by atoms with Crippen LogP contribution in [0.15, 0.2) is 60.7 Å². The molecule has 2 aromatic carbocycles. The summed E-state index contributed by atoms with van der Waals surface area (Å²) in [6.07, 6.45) is -4.39. The molecule has 0 bridgehead atoms. The summed E-state index contributed by atoms with van der Waals surface area (Å²) in [7, 11) is 1.29. The second kappa shape index (κ2) is 11.7. The van der Waals surface area contributed by atoms with Crippen LogP contribution in [0.4, 0.5) is 0 Å². The van der Waals surface area contributed by atoms with E-state index >= 15 is 0 Å². The van der Waals surface area contributed by atoms with E-state index in [1.165, 1.54) is 14.0 Å². The lowest BCUT2D eigenvalue weighted by Crippen LogP contribution is -2.68. The monoisotopic (exact) mass is 485 g/mol. The number of amides is 1. The van der Waals surface area contributed by atoms with Gasteiger partial charge in [-0.15, -0.1) is 0 Å². The van der Waals surface area contributed by atoms with Gasteiger partial charge in [-0.25, -0.2) is 4.79 Å². The van der Waals surface area contributed by atoms with Crippen LogP contribution in [-0.4, -0.2) is 62.3 Å². The maximum absolute atomic E-state index is 12.2. The lowest BCUT2D eigenvalue weighted by molar-refractivity contribution is -0.352. The zero-order valence-electron chi connectivity index (χ0n) is 20.0. The highest BCUT2D eigenvalue weighted by atomic mass is 16.8. The molecule has 4 rings (SSSR count). The predicted molar refractivity (Wildman–Crippen MR) is 124 cm³/mol. The van der Waals surface area contributed by atoms with Crippen molar-refractivity contribution < 1.29 is 38.0 Å². The van der Waals surface area contributed by atoms with E-state index in [1.807, 2.05) is 60.7 Å². The summed E-state index contributed by atoms with van der Waals surface area (Å²) < 4.78 is 35.6. The van der Waals surface area contributed by atoms with E-state index in [2.05, 4.69) is 5.32 Å². The van der Waals surface area contributed by atoms with Crippen molar-refractivity contribution >= 4 is 11.9 Å². The first kappa shape index (κ1) is 25.3. The van der Waals surface area contributed by atoms with Gasteiger partial charge >= 0.3 is 5.97 Å². The van der Waals surface area contributed by atoms with Gasteiger partial charge < -0.3 is 33.7 Å². The fourth-order valence-corrected chi connectivity index (χ4v) is 4.25. The molecule has 0 radical (unpaired) electrons. The van der Waals surface area contributed by atoms with Crippen molar-refractivity contribution in [3.8, 4) is 0 Å². The highest BCUT2D eigenvalue weighted by Gasteiger charge is 2.52. The quantitative estimate of drug-likeness (QED) is 0.569. The van der Waals surface area contributed by atoms with Gasteiger partial charge in [-0.1, -0.05) is 60.7 Å². The van der Waals surface area contributed by atoms with Crippen LogP contribution in [0, 0.1) is 0 Å². The van der Waals surface area contributed by atoms with Crippen LogP contribution in [0.1, 0.15) is 31.3 Å². The van der Waals surface area contributed by atoms with Crippen molar-refractivity contribution in [2.75, 3.05) is 13.7 Å². The third kappa shape index (κ3) is 6.25. The molecule has 1 N–H and O–H groups in total. The van der Waals surface area contributed by atoms with Gasteiger partial charge in [-0.3, -0.25) is 4.79 Å². The predicted octanol–water partition coefficient (Wildman–Crippen LogP) is 2.49. The smallest absolute Gasteiger partial charge is 0.334 e. The highest BCUT2D eigenvalue weighted by molar-refractivity contribution is 5.74. The summed E-state index contributed by atoms with van der Waals surface area (Å²) in [5, 5.41) is 2.88. The van der Waals surface area contributed by atoms with Crippen LogP contribution >= 0.6 is 0 Å². The van der Waals surface area contributed by atoms with E-state index in [0.29, 0.717) is 0 Å². The molecular weight excluding hydrogens is 454 g/mol. The molecule has 35 heavy (non-hydrogen) atoms. The standard InChI is InChI=1S/C26H31NO8/c1-16(24(29)30-3)33-23-21(27-17(2)28)26(31-14-18-10-6-4-7-11-18)34-20-15-32-25(35-22(20)23)19-12-8-5-9-13-19/h4-13,16,20-23,25-26H,14-15H2,1-3H3,(H,27,28)/t16-,20-,21-,22-,23-,25+,26-/m1/s1. The van der Waals surface area contributed by atoms with E-state index in [0.717, 1.165) is 11.1 Å². The molecule has 2 fully saturated rings. The highest BCUT2D eigenvalue weighted by Crippen LogP contribution is 2.36. The normalized spacial score (nSPS) is 29.0. The Labute approximate surface area is 204 Å². The first-order valence-corrected chi connectivity index (χ1v) is 11.6. The first-order chi connectivity index (χ1) is 17.0. The van der Waals surface area contributed by atoms with Gasteiger partial charge in [0.2, 0.25) is 5.91 Å². The number of methoxy groups -OCH3 is 1. The Morgan fingerprint density at radius 1 is 1.06 bits per heavy atom. The van der Waals surface area contributed by atoms with Crippen LogP contribution in [0.3, 0.4) is 0 Å². The molecule has 0 aromatic heterocycles. The lowest BCUT2D eigenvalue weighted by Gasteiger charge is -2.49. The maximum atomic E-state index is 12.2. The van der Waals surface area contributed by atoms with Gasteiger partial charge in [0.15, 0.2) is 18.7 Å². The average Bonchev–Trinajstić information content (AvgIpc) is 2.89. The van der Waals surface area contributed by atoms with E-state index in [-0.39, 0.29) is 19.1 Å². The number of carbonyl (C=O) groups is 2. The Morgan fingerprint density at radius 2 is 1.74 bits per heavy atom. The van der Waals surface area contributed by atoms with Crippen molar-refractivity contribution in [3.05, 3.63) is 71.8 Å². The maximum Gasteiger partial charge on any atom is 0.334 e. The molecule has 9 heteroatoms. The molecular formula is C26H31NO8. The summed E-state index contributed by atoms with van der Waals surface area (Å²) >= 11 is 0. The van der Waals surface area contributed by atoms with Crippen molar-refractivity contribution in [2.24, 2.45) is 0 Å². The number of nitrogens with one attached hydrogen (secondary N) is 1. The minimum Gasteiger partial charge on any atom is -0.467 e. The minimum absolute atomic E-state index is 0.217. The van der Waals surface area contributed by atoms with Gasteiger partial charge in [-0.05, 0) is 12.5 Å². The van der Waals surface area contributed by atoms with Crippen LogP contribution < -0.4 is 5.32 Å². The van der Waals surface area contributed by atoms with Gasteiger partial charge in [0.25, 0.3) is 0 Å². The van der Waals surface area contributed by atoms with Crippen molar-refractivity contribution in [1.29, 1.82) is 0 Å². The molecule has 2 aliphatic heterocycles. The van der Waals surface area contributed by atoms with E-state index < -0.39 is 49.0 Å². The number of benzene rings is 2. The minimum atomic E-state index is -0.906. The second-order valence-electron chi connectivity index (χ2n) is 8.51. The average molecular weight is 486 g/mol. The zero-order chi connectivity index (χ0) is 24.8. The van der Waals surface area contributed by atoms with Crippen LogP contribution in [-0.2, 0) is 44.6 Å². The van der Waals surface area contributed by atoms with Crippen molar-refractivity contribution in [2.45, 2.75) is 63.5 Å². The van der Waals surface area contributed by atoms with E-state index in [4.69, 9.17) is 28.4 Å². The number of rotatable bonds is 8. The van der Waals surface area contributed by atoms with Gasteiger partial charge in [0.05, 0.1) is 20.3 Å². The number of esters is 1. The molecule has 9 nitrogen and oxygen atoms in total. The molecule has 2 aromatic rings. The molecule has 0 unspecified atom stereocenters. The van der Waals surface area contributed by atoms with Gasteiger partial charge in [-0.2, -0.15) is 0 Å². The molecule has 1 amide bonds. The third-order valence-corrected chi connectivity index (χ3v) is 5.93. The Hall–Kier alpha value is -2.82. The number of fused-ring (bicyclic) bond motifs is 1. The summed E-state index contributed by atoms with van der Waals surface area (Å²) in [5.41, 5.74) is 1.78. The molecule has 2 saturated heterocycles. The Morgan fingerprint density at radius 3 is 2.40 bits per heavy atom. The van der Waals surface area contributed by atoms with Crippen LogP contribution in [0.25, 0.3) is 0 Å². The van der Waals surface area contributed by atoms with Crippen molar-refractivity contribution in [1.82, 2.24) is 5.32 Å². The zero-order valence-corrected chi connectivity index (χ0v) is 20.0. The summed E-state index contributed by atoms with van der Waals surface area (Å²) in [5.74, 6) is -0.834. The Balaban J connectivity index is 1.60.